The first-order valence-electron chi connectivity index (χ1n) is 11.9. The fourth-order valence-electron chi connectivity index (χ4n) is 5.82. The highest BCUT2D eigenvalue weighted by Crippen LogP contribution is 2.50. The fourth-order valence-corrected chi connectivity index (χ4v) is 5.82. The van der Waals surface area contributed by atoms with Gasteiger partial charge in [-0.25, -0.2) is 9.37 Å². The predicted molar refractivity (Wildman–Crippen MR) is 130 cm³/mol. The zero-order valence-corrected chi connectivity index (χ0v) is 20.0. The van der Waals surface area contributed by atoms with Crippen LogP contribution in [0.5, 0.6) is 0 Å². The molecule has 0 saturated heterocycles. The van der Waals surface area contributed by atoms with Crippen molar-refractivity contribution in [2.24, 2.45) is 11.8 Å². The van der Waals surface area contributed by atoms with E-state index < -0.39 is 5.41 Å². The van der Waals surface area contributed by atoms with Crippen molar-refractivity contribution in [3.05, 3.63) is 82.9 Å². The minimum atomic E-state index is -0.544. The summed E-state index contributed by atoms with van der Waals surface area (Å²) in [5, 5.41) is 9.64. The Morgan fingerprint density at radius 2 is 1.94 bits per heavy atom. The zero-order chi connectivity index (χ0) is 24.2. The Hall–Kier alpha value is -3.52. The van der Waals surface area contributed by atoms with Crippen LogP contribution < -0.4 is 0 Å². The Bertz CT molecular complexity index is 1360. The summed E-state index contributed by atoms with van der Waals surface area (Å²) in [5.41, 5.74) is 4.48. The minimum absolute atomic E-state index is 0.0663. The average molecular weight is 454 g/mol. The number of allylic oxidation sites excluding steroid dienone is 2. The van der Waals surface area contributed by atoms with E-state index in [0.29, 0.717) is 5.92 Å². The third-order valence-electron chi connectivity index (χ3n) is 7.69. The van der Waals surface area contributed by atoms with E-state index in [2.05, 4.69) is 55.7 Å². The Morgan fingerprint density at radius 1 is 1.21 bits per heavy atom. The number of ketones is 1. The zero-order valence-electron chi connectivity index (χ0n) is 20.0. The van der Waals surface area contributed by atoms with E-state index >= 15 is 0 Å². The molecule has 5 rings (SSSR count). The van der Waals surface area contributed by atoms with Gasteiger partial charge in [0.15, 0.2) is 5.78 Å². The van der Waals surface area contributed by atoms with Gasteiger partial charge < -0.3 is 0 Å². The molecule has 1 unspecified atom stereocenters. The van der Waals surface area contributed by atoms with E-state index in [-0.39, 0.29) is 29.0 Å². The summed E-state index contributed by atoms with van der Waals surface area (Å²) < 4.78 is 16.3. The maximum Gasteiger partial charge on any atom is 0.176 e. The molecule has 0 saturated carbocycles. The average Bonchev–Trinajstić information content (AvgIpc) is 3.22. The molecule has 0 radical (unpaired) electrons. The van der Waals surface area contributed by atoms with E-state index in [0.717, 1.165) is 41.3 Å². The summed E-state index contributed by atoms with van der Waals surface area (Å²) in [6, 6.07) is 17.1. The summed E-state index contributed by atoms with van der Waals surface area (Å²) in [6.07, 6.45) is 3.36. The number of carbonyl (C=O) groups is 1. The first-order valence-corrected chi connectivity index (χ1v) is 11.9. The van der Waals surface area contributed by atoms with E-state index in [1.165, 1.54) is 17.7 Å². The number of Topliss-reactive ketones (excluding diaryl/α,β-unsaturated/α-hetero) is 1. The van der Waals surface area contributed by atoms with Crippen LogP contribution in [0.25, 0.3) is 17.1 Å². The lowest BCUT2D eigenvalue weighted by molar-refractivity contribution is -0.121. The second-order valence-corrected chi connectivity index (χ2v) is 10.1. The van der Waals surface area contributed by atoms with Gasteiger partial charge in [0, 0.05) is 22.6 Å². The van der Waals surface area contributed by atoms with Crippen molar-refractivity contribution < 1.29 is 9.18 Å². The first-order chi connectivity index (χ1) is 16.2. The fraction of sp³-hybridized carbons (Fsp3) is 0.345. The Labute approximate surface area is 199 Å². The number of benzene rings is 2. The molecule has 0 spiro atoms. The first kappa shape index (κ1) is 22.3. The van der Waals surface area contributed by atoms with Crippen LogP contribution in [0, 0.1) is 29.0 Å². The Balaban J connectivity index is 1.77. The van der Waals surface area contributed by atoms with Crippen molar-refractivity contribution in [3.63, 3.8) is 0 Å². The molecule has 0 bridgehead atoms. The van der Waals surface area contributed by atoms with E-state index in [9.17, 15) is 14.4 Å². The van der Waals surface area contributed by atoms with Gasteiger partial charge in [-0.2, -0.15) is 5.26 Å². The summed E-state index contributed by atoms with van der Waals surface area (Å²) in [5.74, 6) is 0.611. The number of halogens is 1. The molecule has 0 fully saturated rings. The molecule has 0 N–H and O–H groups in total. The van der Waals surface area contributed by atoms with Gasteiger partial charge in [-0.15, -0.1) is 0 Å². The van der Waals surface area contributed by atoms with Crippen LogP contribution >= 0.6 is 0 Å². The third-order valence-corrected chi connectivity index (χ3v) is 7.69. The van der Waals surface area contributed by atoms with Crippen LogP contribution in [0.15, 0.2) is 60.2 Å². The van der Waals surface area contributed by atoms with Crippen LogP contribution in [-0.4, -0.2) is 15.3 Å². The number of rotatable bonds is 3. The van der Waals surface area contributed by atoms with Crippen molar-refractivity contribution >= 4 is 5.78 Å². The monoisotopic (exact) mass is 453 g/mol. The number of fused-ring (bicyclic) bond motifs is 3. The predicted octanol–water partition coefficient (Wildman–Crippen LogP) is 6.29. The molecule has 172 valence electrons. The molecule has 2 aromatic carbocycles. The maximum absolute atomic E-state index is 14.3. The van der Waals surface area contributed by atoms with E-state index in [4.69, 9.17) is 4.98 Å². The van der Waals surface area contributed by atoms with Crippen molar-refractivity contribution in [1.82, 2.24) is 9.55 Å². The molecule has 3 aromatic rings. The largest absolute Gasteiger partial charge is 0.296 e. The van der Waals surface area contributed by atoms with Crippen molar-refractivity contribution in [3.8, 4) is 23.1 Å². The van der Waals surface area contributed by atoms with Crippen molar-refractivity contribution in [2.45, 2.75) is 51.9 Å². The van der Waals surface area contributed by atoms with Gasteiger partial charge >= 0.3 is 0 Å². The van der Waals surface area contributed by atoms with Crippen LogP contribution in [0.4, 0.5) is 4.39 Å². The van der Waals surface area contributed by atoms with Gasteiger partial charge in [0.25, 0.3) is 0 Å². The van der Waals surface area contributed by atoms with Gasteiger partial charge in [-0.05, 0) is 48.4 Å². The van der Waals surface area contributed by atoms with Crippen LogP contribution in [0.2, 0.25) is 0 Å². The SMILES string of the molecule is CC(C)c1ccc(-c2nc3c(n2-c2cccc(F)c2)CC[C@@H]2[C@@H](C)C(=O)C(C#N)=CC32C)cc1. The van der Waals surface area contributed by atoms with Gasteiger partial charge in [0.2, 0.25) is 0 Å². The van der Waals surface area contributed by atoms with E-state index in [1.807, 2.05) is 19.1 Å². The number of hydrogen-bond acceptors (Lipinski definition) is 3. The minimum Gasteiger partial charge on any atom is -0.296 e. The lowest BCUT2D eigenvalue weighted by Crippen LogP contribution is -2.45. The molecule has 1 heterocycles. The normalized spacial score (nSPS) is 23.8. The number of carbonyl (C=O) groups excluding carboxylic acids is 1. The molecular weight excluding hydrogens is 425 g/mol. The van der Waals surface area contributed by atoms with Gasteiger partial charge in [0.05, 0.1) is 17.0 Å². The molecule has 1 aromatic heterocycles. The second kappa shape index (κ2) is 8.06. The molecule has 0 aliphatic heterocycles. The Morgan fingerprint density at radius 3 is 2.59 bits per heavy atom. The molecule has 3 atom stereocenters. The molecule has 5 heteroatoms. The number of nitrogens with zero attached hydrogens (tertiary/aromatic N) is 3. The molecule has 34 heavy (non-hydrogen) atoms. The molecule has 4 nitrogen and oxygen atoms in total. The molecular formula is C29H28FN3O. The summed E-state index contributed by atoms with van der Waals surface area (Å²) in [4.78, 5) is 17.9. The quantitative estimate of drug-likeness (QED) is 0.468. The topological polar surface area (TPSA) is 58.7 Å². The highest BCUT2D eigenvalue weighted by Gasteiger charge is 2.50. The number of imidazole rings is 1. The highest BCUT2D eigenvalue weighted by molar-refractivity contribution is 6.02. The third kappa shape index (κ3) is 3.32. The summed E-state index contributed by atoms with van der Waals surface area (Å²) in [6.45, 7) is 8.33. The van der Waals surface area contributed by atoms with Gasteiger partial charge in [0.1, 0.15) is 17.7 Å². The van der Waals surface area contributed by atoms with Crippen LogP contribution in [0.3, 0.4) is 0 Å². The van der Waals surface area contributed by atoms with Crippen LogP contribution in [0.1, 0.15) is 57.0 Å². The maximum atomic E-state index is 14.3. The number of hydrogen-bond donors (Lipinski definition) is 0. The lowest BCUT2D eigenvalue weighted by Gasteiger charge is -2.44. The number of aromatic nitrogens is 2. The highest BCUT2D eigenvalue weighted by atomic mass is 19.1. The number of nitriles is 1. The van der Waals surface area contributed by atoms with Crippen molar-refractivity contribution in [1.29, 1.82) is 5.26 Å². The van der Waals surface area contributed by atoms with E-state index in [1.54, 1.807) is 6.07 Å². The molecule has 2 aliphatic rings. The Kier molecular flexibility index (Phi) is 5.28. The van der Waals surface area contributed by atoms with Crippen LogP contribution in [-0.2, 0) is 16.6 Å². The lowest BCUT2D eigenvalue weighted by atomic mass is 9.58. The summed E-state index contributed by atoms with van der Waals surface area (Å²) >= 11 is 0. The van der Waals surface area contributed by atoms with Crippen molar-refractivity contribution in [2.75, 3.05) is 0 Å². The summed E-state index contributed by atoms with van der Waals surface area (Å²) in [7, 11) is 0. The molecule has 0 amide bonds. The van der Waals surface area contributed by atoms with Gasteiger partial charge in [-0.1, -0.05) is 64.1 Å². The second-order valence-electron chi connectivity index (χ2n) is 10.1. The standard InChI is InChI=1S/C29H28FN3O/c1-17(2)19-8-10-20(11-9-19)28-32-27-25(33(28)23-7-5-6-22(30)14-23)13-12-24-18(3)26(34)21(16-31)15-29(24,27)4/h5-11,14-15,17-18,24H,12-13H2,1-4H3/t18-,24-,29?/m1/s1. The molecule has 2 aliphatic carbocycles. The van der Waals surface area contributed by atoms with Gasteiger partial charge in [-0.3, -0.25) is 9.36 Å². The smallest absolute Gasteiger partial charge is 0.176 e.